The normalized spacial score (nSPS) is 10.1. The van der Waals surface area contributed by atoms with Crippen LogP contribution in [0.15, 0.2) is 0 Å². The van der Waals surface area contributed by atoms with E-state index in [0.717, 1.165) is 0 Å². The summed E-state index contributed by atoms with van der Waals surface area (Å²) in [4.78, 5) is 10.0. The van der Waals surface area contributed by atoms with Crippen molar-refractivity contribution in [2.75, 3.05) is 12.3 Å². The van der Waals surface area contributed by atoms with E-state index in [9.17, 15) is 17.8 Å². The molecule has 8 heteroatoms. The Balaban J connectivity index is 0. The van der Waals surface area contributed by atoms with Gasteiger partial charge in [-0.2, -0.15) is 0 Å². The third-order valence-corrected chi connectivity index (χ3v) is 1.66. The number of carbonyl (C=O) groups is 1. The predicted molar refractivity (Wildman–Crippen MR) is 36.8 cm³/mol. The maximum absolute atomic E-state index is 10.0. The van der Waals surface area contributed by atoms with E-state index < -0.39 is 21.9 Å². The van der Waals surface area contributed by atoms with E-state index >= 15 is 0 Å². The van der Waals surface area contributed by atoms with Crippen LogP contribution in [0.4, 0.5) is 4.79 Å². The van der Waals surface area contributed by atoms with Gasteiger partial charge in [0.1, 0.15) is 0 Å². The quantitative estimate of drug-likeness (QED) is 0.273. The van der Waals surface area contributed by atoms with Gasteiger partial charge in [0.2, 0.25) is 0 Å². The standard InChI is InChI=1S/C4H10N2O4S.Na/c5-4(7)6-2-1-3-11(8,9)10;/h1-3H2,(H3,5,6,7)(H,8,9,10);/q;+1/p-1. The summed E-state index contributed by atoms with van der Waals surface area (Å²) in [6.07, 6.45) is 0.0920. The molecule has 0 bridgehead atoms. The Hall–Kier alpha value is 0.180. The number of primary amides is 1. The number of amides is 2. The van der Waals surface area contributed by atoms with Crippen molar-refractivity contribution in [2.45, 2.75) is 6.42 Å². The Morgan fingerprint density at radius 1 is 1.50 bits per heavy atom. The minimum absolute atomic E-state index is 0. The molecule has 0 rings (SSSR count). The zero-order valence-corrected chi connectivity index (χ0v) is 9.56. The number of rotatable bonds is 4. The largest absolute Gasteiger partial charge is 1.00 e. The summed E-state index contributed by atoms with van der Waals surface area (Å²) in [5.41, 5.74) is 4.66. The molecule has 0 aromatic heterocycles. The Bertz CT molecular complexity index is 227. The third-order valence-electron chi connectivity index (χ3n) is 0.870. The van der Waals surface area contributed by atoms with Gasteiger partial charge in [-0.1, -0.05) is 0 Å². The molecular weight excluding hydrogens is 195 g/mol. The van der Waals surface area contributed by atoms with Crippen LogP contribution in [-0.2, 0) is 10.1 Å². The fourth-order valence-corrected chi connectivity index (χ4v) is 0.958. The number of hydrogen-bond donors (Lipinski definition) is 2. The van der Waals surface area contributed by atoms with Crippen LogP contribution in [0.2, 0.25) is 0 Å². The van der Waals surface area contributed by atoms with Gasteiger partial charge in [0.25, 0.3) is 0 Å². The maximum Gasteiger partial charge on any atom is 1.00 e. The van der Waals surface area contributed by atoms with Crippen LogP contribution in [0.5, 0.6) is 0 Å². The summed E-state index contributed by atoms with van der Waals surface area (Å²) in [7, 11) is -4.16. The van der Waals surface area contributed by atoms with Gasteiger partial charge < -0.3 is 15.6 Å². The average Bonchev–Trinajstić information content (AvgIpc) is 1.78. The summed E-state index contributed by atoms with van der Waals surface area (Å²) in [5, 5.41) is 2.15. The molecule has 0 unspecified atom stereocenters. The molecule has 6 nitrogen and oxygen atoms in total. The van der Waals surface area contributed by atoms with E-state index in [2.05, 4.69) is 11.1 Å². The molecule has 0 heterocycles. The Morgan fingerprint density at radius 3 is 2.33 bits per heavy atom. The summed E-state index contributed by atoms with van der Waals surface area (Å²) in [6, 6.07) is -0.728. The Labute approximate surface area is 92.9 Å². The predicted octanol–water partition coefficient (Wildman–Crippen LogP) is -4.41. The fraction of sp³-hybridized carbons (Fsp3) is 0.750. The van der Waals surface area contributed by atoms with Crippen LogP contribution in [0.3, 0.4) is 0 Å². The van der Waals surface area contributed by atoms with Gasteiger partial charge in [-0.05, 0) is 6.42 Å². The number of urea groups is 1. The molecule has 0 aromatic carbocycles. The average molecular weight is 204 g/mol. The van der Waals surface area contributed by atoms with Gasteiger partial charge in [0.15, 0.2) is 0 Å². The van der Waals surface area contributed by atoms with Crippen LogP contribution >= 0.6 is 0 Å². The van der Waals surface area contributed by atoms with Crippen molar-refractivity contribution in [1.82, 2.24) is 5.32 Å². The zero-order chi connectivity index (χ0) is 8.91. The minimum atomic E-state index is -4.16. The molecule has 2 amide bonds. The van der Waals surface area contributed by atoms with Crippen LogP contribution in [-0.4, -0.2) is 31.3 Å². The molecule has 3 N–H and O–H groups in total. The Kier molecular flexibility index (Phi) is 8.17. The number of hydrogen-bond acceptors (Lipinski definition) is 4. The molecular formula is C4H9N2NaO4S. The smallest absolute Gasteiger partial charge is 0.748 e. The van der Waals surface area contributed by atoms with Crippen molar-refractivity contribution in [3.8, 4) is 0 Å². The van der Waals surface area contributed by atoms with Crippen molar-refractivity contribution in [3.63, 3.8) is 0 Å². The number of nitrogens with two attached hydrogens (primary N) is 1. The molecule has 0 spiro atoms. The summed E-state index contributed by atoms with van der Waals surface area (Å²) >= 11 is 0. The van der Waals surface area contributed by atoms with E-state index in [0.29, 0.717) is 0 Å². The summed E-state index contributed by atoms with van der Waals surface area (Å²) in [6.45, 7) is 0.108. The second-order valence-corrected chi connectivity index (χ2v) is 3.43. The van der Waals surface area contributed by atoms with Gasteiger partial charge in [0, 0.05) is 12.3 Å². The first-order valence-electron chi connectivity index (χ1n) is 2.89. The van der Waals surface area contributed by atoms with Gasteiger partial charge >= 0.3 is 35.6 Å². The van der Waals surface area contributed by atoms with Crippen molar-refractivity contribution < 1.29 is 47.3 Å². The van der Waals surface area contributed by atoms with E-state index in [1.807, 2.05) is 0 Å². The van der Waals surface area contributed by atoms with Crippen molar-refractivity contribution >= 4 is 16.1 Å². The molecule has 0 saturated carbocycles. The van der Waals surface area contributed by atoms with E-state index in [4.69, 9.17) is 0 Å². The second kappa shape index (κ2) is 6.67. The zero-order valence-electron chi connectivity index (χ0n) is 6.74. The summed E-state index contributed by atoms with van der Waals surface area (Å²) < 4.78 is 29.9. The maximum atomic E-state index is 10.0. The van der Waals surface area contributed by atoms with E-state index in [-0.39, 0.29) is 42.5 Å². The SMILES string of the molecule is NC(=O)NCCCS(=O)(=O)[O-].[Na+]. The van der Waals surface area contributed by atoms with E-state index in [1.165, 1.54) is 0 Å². The molecule has 66 valence electrons. The minimum Gasteiger partial charge on any atom is -0.748 e. The van der Waals surface area contributed by atoms with Crippen LogP contribution in [0.25, 0.3) is 0 Å². The van der Waals surface area contributed by atoms with Gasteiger partial charge in [0.05, 0.1) is 10.1 Å². The molecule has 0 fully saturated rings. The first-order chi connectivity index (χ1) is 4.92. The Morgan fingerprint density at radius 2 is 2.00 bits per heavy atom. The van der Waals surface area contributed by atoms with Crippen molar-refractivity contribution in [1.29, 1.82) is 0 Å². The van der Waals surface area contributed by atoms with Crippen LogP contribution in [0.1, 0.15) is 6.42 Å². The number of nitrogens with one attached hydrogen (secondary N) is 1. The van der Waals surface area contributed by atoms with Gasteiger partial charge in [-0.15, -0.1) is 0 Å². The molecule has 0 aliphatic rings. The second-order valence-electron chi connectivity index (χ2n) is 1.91. The molecule has 0 aliphatic carbocycles. The fourth-order valence-electron chi connectivity index (χ4n) is 0.461. The first-order valence-corrected chi connectivity index (χ1v) is 4.46. The van der Waals surface area contributed by atoms with Gasteiger partial charge in [-0.25, -0.2) is 13.2 Å². The van der Waals surface area contributed by atoms with E-state index in [1.54, 1.807) is 0 Å². The molecule has 12 heavy (non-hydrogen) atoms. The topological polar surface area (TPSA) is 112 Å². The monoisotopic (exact) mass is 204 g/mol. The first kappa shape index (κ1) is 14.7. The molecule has 0 atom stereocenters. The van der Waals surface area contributed by atoms with Crippen molar-refractivity contribution in [2.24, 2.45) is 5.73 Å². The molecule has 0 aromatic rings. The third kappa shape index (κ3) is 12.8. The van der Waals surface area contributed by atoms with Gasteiger partial charge in [-0.3, -0.25) is 0 Å². The van der Waals surface area contributed by atoms with Crippen LogP contribution < -0.4 is 40.6 Å². The summed E-state index contributed by atoms with van der Waals surface area (Å²) in [5.74, 6) is -0.479. The number of carbonyl (C=O) groups excluding carboxylic acids is 1. The molecule has 0 saturated heterocycles. The van der Waals surface area contributed by atoms with Crippen LogP contribution in [0, 0.1) is 0 Å². The molecule has 0 radical (unpaired) electrons. The van der Waals surface area contributed by atoms with Crippen molar-refractivity contribution in [3.05, 3.63) is 0 Å². The molecule has 0 aliphatic heterocycles.